The van der Waals surface area contributed by atoms with Gasteiger partial charge in [-0.2, -0.15) is 15.8 Å². The maximum Gasteiger partial charge on any atom is 0.410 e. The van der Waals surface area contributed by atoms with E-state index in [1.807, 2.05) is 0 Å². The van der Waals surface area contributed by atoms with Crippen LogP contribution in [0.1, 0.15) is 6.92 Å². The molecule has 0 aromatic carbocycles. The molecular weight excluding hydrogens is 384 g/mol. The number of nitriles is 3. The summed E-state index contributed by atoms with van der Waals surface area (Å²) in [7, 11) is 0. The second-order valence-electron chi connectivity index (χ2n) is 4.66. The van der Waals surface area contributed by atoms with Gasteiger partial charge in [-0.05, 0) is 6.92 Å². The summed E-state index contributed by atoms with van der Waals surface area (Å²) in [6.07, 6.45) is 0.882. The van der Waals surface area contributed by atoms with E-state index in [0.717, 1.165) is 0 Å². The quantitative estimate of drug-likeness (QED) is 0.170. The van der Waals surface area contributed by atoms with Gasteiger partial charge in [0.2, 0.25) is 0 Å². The minimum absolute atomic E-state index is 0.448. The molecule has 0 saturated heterocycles. The van der Waals surface area contributed by atoms with Gasteiger partial charge in [0.05, 0.1) is 0 Å². The van der Waals surface area contributed by atoms with Crippen molar-refractivity contribution >= 4 is 18.3 Å². The van der Waals surface area contributed by atoms with Crippen LogP contribution < -0.4 is 16.0 Å². The number of carbonyl (C=O) groups is 3. The number of nitrogens with zero attached hydrogens (tertiary/aromatic N) is 3. The van der Waals surface area contributed by atoms with Gasteiger partial charge in [0.1, 0.15) is 13.2 Å². The Kier molecular flexibility index (Phi) is 11.8. The van der Waals surface area contributed by atoms with Crippen molar-refractivity contribution < 1.29 is 42.8 Å². The average molecular weight is 400 g/mol. The van der Waals surface area contributed by atoms with E-state index in [1.54, 1.807) is 0 Å². The van der Waals surface area contributed by atoms with Crippen molar-refractivity contribution in [3.63, 3.8) is 0 Å². The Hall–Kier alpha value is -4.32. The van der Waals surface area contributed by atoms with E-state index in [2.05, 4.69) is 30.2 Å². The van der Waals surface area contributed by atoms with Crippen LogP contribution in [0.5, 0.6) is 0 Å². The van der Waals surface area contributed by atoms with Gasteiger partial charge in [-0.3, -0.25) is 16.0 Å². The Labute approximate surface area is 158 Å². The predicted octanol–water partition coefficient (Wildman–Crippen LogP) is -0.711. The van der Waals surface area contributed by atoms with Gasteiger partial charge in [-0.1, -0.05) is 0 Å². The van der Waals surface area contributed by atoms with Crippen LogP contribution in [0, 0.1) is 34.6 Å². The molecule has 0 aromatic rings. The molecule has 28 heavy (non-hydrogen) atoms. The number of nitrogens with one attached hydrogen (secondary N) is 3. The first-order valence-electron chi connectivity index (χ1n) is 7.17. The molecule has 3 N–H and O–H groups in total. The molecule has 15 nitrogen and oxygen atoms in total. The molecule has 0 radical (unpaired) electrons. The highest BCUT2D eigenvalue weighted by Crippen LogP contribution is 2.13. The first-order valence-corrected chi connectivity index (χ1v) is 7.17. The Balaban J connectivity index is 4.71. The molecule has 0 aromatic heterocycles. The topological polar surface area (TPSA) is 214 Å². The Morgan fingerprint density at radius 2 is 1.11 bits per heavy atom. The molecular formula is C13H16N6O9. The van der Waals surface area contributed by atoms with Gasteiger partial charge in [0, 0.05) is 0 Å². The van der Waals surface area contributed by atoms with Crippen LogP contribution in [0.2, 0.25) is 0 Å². The minimum atomic E-state index is -1.66. The molecule has 0 unspecified atom stereocenters. The number of carbonyl (C=O) groups excluding carboxylic acids is 3. The molecule has 0 aliphatic rings. The summed E-state index contributed by atoms with van der Waals surface area (Å²) in [5.74, 6) is 0. The van der Waals surface area contributed by atoms with E-state index in [-0.39, 0.29) is 0 Å². The van der Waals surface area contributed by atoms with Crippen LogP contribution >= 0.6 is 0 Å². The lowest BCUT2D eigenvalue weighted by atomic mass is 10.1. The second kappa shape index (κ2) is 13.9. The molecule has 0 bridgehead atoms. The van der Waals surface area contributed by atoms with Crippen molar-refractivity contribution in [1.82, 2.24) is 16.0 Å². The van der Waals surface area contributed by atoms with E-state index in [9.17, 15) is 14.4 Å². The highest BCUT2D eigenvalue weighted by Gasteiger charge is 2.33. The summed E-state index contributed by atoms with van der Waals surface area (Å²) in [5, 5.41) is 30.8. The number of hydrogen-bond donors (Lipinski definition) is 3. The molecule has 0 fully saturated rings. The Bertz CT molecular complexity index is 614. The maximum atomic E-state index is 11.7. The van der Waals surface area contributed by atoms with Crippen molar-refractivity contribution in [2.45, 2.75) is 12.5 Å². The number of rotatable bonds is 11. The highest BCUT2D eigenvalue weighted by atomic mass is 16.6. The SMILES string of the molecule is CC(COC(=O)NCOC#N)(COC(=O)NCOC#N)OC(=O)NCOC#N. The van der Waals surface area contributed by atoms with Gasteiger partial charge >= 0.3 is 18.3 Å². The average Bonchev–Trinajstić information content (AvgIpc) is 2.65. The van der Waals surface area contributed by atoms with Gasteiger partial charge in [0.25, 0.3) is 18.8 Å². The lowest BCUT2D eigenvalue weighted by molar-refractivity contribution is -0.0606. The summed E-state index contributed by atoms with van der Waals surface area (Å²) in [6.45, 7) is -1.24. The van der Waals surface area contributed by atoms with Gasteiger partial charge in [-0.15, -0.1) is 0 Å². The number of alkyl carbamates (subject to hydrolysis) is 3. The molecule has 0 rings (SSSR count). The fourth-order valence-electron chi connectivity index (χ4n) is 1.28. The fraction of sp³-hybridized carbons (Fsp3) is 0.538. The van der Waals surface area contributed by atoms with Crippen LogP contribution in [-0.4, -0.2) is 57.3 Å². The highest BCUT2D eigenvalue weighted by molar-refractivity contribution is 5.69. The zero-order chi connectivity index (χ0) is 21.3. The largest absolute Gasteiger partial charge is 0.445 e. The van der Waals surface area contributed by atoms with E-state index >= 15 is 0 Å². The van der Waals surface area contributed by atoms with Crippen LogP contribution in [0.15, 0.2) is 0 Å². The van der Waals surface area contributed by atoms with Crippen molar-refractivity contribution in [2.24, 2.45) is 0 Å². The first-order chi connectivity index (χ1) is 13.4. The normalized spacial score (nSPS) is 9.21. The molecule has 0 aliphatic carbocycles. The smallest absolute Gasteiger partial charge is 0.410 e. The van der Waals surface area contributed by atoms with Crippen LogP contribution in [0.4, 0.5) is 14.4 Å². The number of ether oxygens (including phenoxy) is 6. The van der Waals surface area contributed by atoms with Crippen molar-refractivity contribution in [2.75, 3.05) is 33.4 Å². The number of amides is 3. The lowest BCUT2D eigenvalue weighted by Gasteiger charge is -2.28. The van der Waals surface area contributed by atoms with E-state index in [0.29, 0.717) is 0 Å². The van der Waals surface area contributed by atoms with E-state index < -0.39 is 57.3 Å². The molecule has 15 heteroatoms. The summed E-state index contributed by atoms with van der Waals surface area (Å²) < 4.78 is 27.3. The maximum absolute atomic E-state index is 11.7. The summed E-state index contributed by atoms with van der Waals surface area (Å²) in [4.78, 5) is 34.6. The predicted molar refractivity (Wildman–Crippen MR) is 81.7 cm³/mol. The molecule has 0 atom stereocenters. The Morgan fingerprint density at radius 1 is 0.750 bits per heavy atom. The second-order valence-corrected chi connectivity index (χ2v) is 4.66. The fourth-order valence-corrected chi connectivity index (χ4v) is 1.28. The zero-order valence-electron chi connectivity index (χ0n) is 14.6. The van der Waals surface area contributed by atoms with Crippen LogP contribution in [0.3, 0.4) is 0 Å². The summed E-state index contributed by atoms with van der Waals surface area (Å²) in [5.41, 5.74) is -1.66. The molecule has 152 valence electrons. The van der Waals surface area contributed by atoms with E-state index in [1.165, 1.54) is 25.7 Å². The third-order valence-corrected chi connectivity index (χ3v) is 2.42. The number of hydrogen-bond acceptors (Lipinski definition) is 12. The third kappa shape index (κ3) is 12.1. The van der Waals surface area contributed by atoms with Crippen molar-refractivity contribution in [1.29, 1.82) is 15.8 Å². The molecule has 0 spiro atoms. The van der Waals surface area contributed by atoms with Gasteiger partial charge in [0.15, 0.2) is 25.8 Å². The third-order valence-electron chi connectivity index (χ3n) is 2.42. The molecule has 0 aliphatic heterocycles. The monoisotopic (exact) mass is 400 g/mol. The summed E-state index contributed by atoms with van der Waals surface area (Å²) >= 11 is 0. The molecule has 0 heterocycles. The first kappa shape index (κ1) is 23.7. The standard InChI is InChI=1S/C13H16N6O9/c1-13(28-12(22)19-9-25-6-16,2-26-10(20)17-7-23-4-14)3-27-11(21)18-8-24-5-15/h2-3,7-9H2,1H3,(H,17,20)(H,18,21)(H,19,22). The minimum Gasteiger partial charge on any atom is -0.445 e. The lowest BCUT2D eigenvalue weighted by Crippen LogP contribution is -2.47. The van der Waals surface area contributed by atoms with Crippen molar-refractivity contribution in [3.8, 4) is 18.8 Å². The van der Waals surface area contributed by atoms with Crippen LogP contribution in [0.25, 0.3) is 0 Å². The van der Waals surface area contributed by atoms with Gasteiger partial charge in [-0.25, -0.2) is 14.4 Å². The summed E-state index contributed by atoms with van der Waals surface area (Å²) in [6, 6.07) is 0. The van der Waals surface area contributed by atoms with Crippen LogP contribution in [-0.2, 0) is 28.4 Å². The van der Waals surface area contributed by atoms with Crippen molar-refractivity contribution in [3.05, 3.63) is 0 Å². The molecule has 3 amide bonds. The zero-order valence-corrected chi connectivity index (χ0v) is 14.6. The molecule has 0 saturated carbocycles. The van der Waals surface area contributed by atoms with E-state index in [4.69, 9.17) is 30.0 Å². The van der Waals surface area contributed by atoms with Gasteiger partial charge < -0.3 is 28.4 Å². The Morgan fingerprint density at radius 3 is 1.46 bits per heavy atom.